The van der Waals surface area contributed by atoms with Gasteiger partial charge in [-0.15, -0.1) is 0 Å². The molecule has 0 unspecified atom stereocenters. The van der Waals surface area contributed by atoms with Crippen LogP contribution in [0.2, 0.25) is 0 Å². The van der Waals surface area contributed by atoms with E-state index in [2.05, 4.69) is 10.3 Å². The molecule has 6 nitrogen and oxygen atoms in total. The second kappa shape index (κ2) is 5.52. The predicted molar refractivity (Wildman–Crippen MR) is 71.6 cm³/mol. The lowest BCUT2D eigenvalue weighted by molar-refractivity contribution is -0.384. The van der Waals surface area contributed by atoms with Crippen molar-refractivity contribution in [1.82, 2.24) is 4.98 Å². The minimum atomic E-state index is -0.536. The van der Waals surface area contributed by atoms with E-state index in [-0.39, 0.29) is 17.4 Å². The summed E-state index contributed by atoms with van der Waals surface area (Å²) in [6.45, 7) is 1.60. The van der Waals surface area contributed by atoms with Crippen molar-refractivity contribution in [2.45, 2.75) is 6.92 Å². The molecule has 2 aromatic rings. The van der Waals surface area contributed by atoms with E-state index in [1.54, 1.807) is 14.0 Å². The van der Waals surface area contributed by atoms with Crippen molar-refractivity contribution in [1.29, 1.82) is 0 Å². The quantitative estimate of drug-likeness (QED) is 0.685. The van der Waals surface area contributed by atoms with Gasteiger partial charge < -0.3 is 10.1 Å². The summed E-state index contributed by atoms with van der Waals surface area (Å²) in [5.74, 6) is 0.391. The van der Waals surface area contributed by atoms with Crippen LogP contribution in [-0.4, -0.2) is 17.0 Å². The molecule has 0 fully saturated rings. The Labute approximate surface area is 114 Å². The Bertz CT molecular complexity index is 661. The minimum absolute atomic E-state index is 0.0644. The molecule has 20 heavy (non-hydrogen) atoms. The Morgan fingerprint density at radius 1 is 1.35 bits per heavy atom. The second-order valence-electron chi connectivity index (χ2n) is 4.07. The Kier molecular flexibility index (Phi) is 3.79. The van der Waals surface area contributed by atoms with Crippen molar-refractivity contribution in [3.63, 3.8) is 0 Å². The third kappa shape index (κ3) is 3.00. The first-order chi connectivity index (χ1) is 9.49. The number of rotatable bonds is 4. The molecule has 1 N–H and O–H groups in total. The molecule has 0 amide bonds. The van der Waals surface area contributed by atoms with Gasteiger partial charge in [-0.1, -0.05) is 0 Å². The molecule has 2 rings (SSSR count). The summed E-state index contributed by atoms with van der Waals surface area (Å²) in [6, 6.07) is 6.69. The van der Waals surface area contributed by atoms with Gasteiger partial charge in [0.25, 0.3) is 5.69 Å². The molecule has 7 heteroatoms. The van der Waals surface area contributed by atoms with Crippen molar-refractivity contribution in [3.05, 3.63) is 51.8 Å². The van der Waals surface area contributed by atoms with Gasteiger partial charge in [-0.05, 0) is 30.7 Å². The van der Waals surface area contributed by atoms with E-state index in [1.165, 1.54) is 30.3 Å². The van der Waals surface area contributed by atoms with Gasteiger partial charge in [0.2, 0.25) is 5.88 Å². The van der Waals surface area contributed by atoms with Crippen LogP contribution in [0.4, 0.5) is 15.9 Å². The van der Waals surface area contributed by atoms with Crippen molar-refractivity contribution in [2.75, 3.05) is 12.4 Å². The van der Waals surface area contributed by atoms with E-state index in [0.717, 1.165) is 0 Å². The number of halogens is 1. The van der Waals surface area contributed by atoms with Gasteiger partial charge in [-0.25, -0.2) is 4.39 Å². The standard InChI is InChI=1S/C13H12FN3O3/c1-8-5-10(3-4-11(8)14)20-13-7-9(17(18)19)6-12(15-2)16-13/h3-7H,1-2H3,(H,15,16). The highest BCUT2D eigenvalue weighted by molar-refractivity contribution is 5.48. The zero-order valence-corrected chi connectivity index (χ0v) is 10.9. The molecule has 0 aliphatic carbocycles. The van der Waals surface area contributed by atoms with E-state index in [1.807, 2.05) is 0 Å². The SMILES string of the molecule is CNc1cc([N+](=O)[O-])cc(Oc2ccc(F)c(C)c2)n1. The highest BCUT2D eigenvalue weighted by Crippen LogP contribution is 2.27. The van der Waals surface area contributed by atoms with Gasteiger partial charge in [0.15, 0.2) is 0 Å². The number of pyridine rings is 1. The zero-order chi connectivity index (χ0) is 14.7. The van der Waals surface area contributed by atoms with Gasteiger partial charge in [0.1, 0.15) is 17.4 Å². The number of aromatic nitrogens is 1. The fraction of sp³-hybridized carbons (Fsp3) is 0.154. The summed E-state index contributed by atoms with van der Waals surface area (Å²) in [7, 11) is 1.60. The summed E-state index contributed by atoms with van der Waals surface area (Å²) in [4.78, 5) is 14.3. The Hall–Kier alpha value is -2.70. The first-order valence-electron chi connectivity index (χ1n) is 5.78. The molecule has 0 saturated carbocycles. The monoisotopic (exact) mass is 277 g/mol. The van der Waals surface area contributed by atoms with Crippen LogP contribution in [0.15, 0.2) is 30.3 Å². The molecule has 0 bridgehead atoms. The van der Waals surface area contributed by atoms with Crippen LogP contribution in [-0.2, 0) is 0 Å². The molecular weight excluding hydrogens is 265 g/mol. The zero-order valence-electron chi connectivity index (χ0n) is 10.9. The average molecular weight is 277 g/mol. The van der Waals surface area contributed by atoms with E-state index in [9.17, 15) is 14.5 Å². The minimum Gasteiger partial charge on any atom is -0.439 e. The van der Waals surface area contributed by atoms with Crippen molar-refractivity contribution >= 4 is 11.5 Å². The molecule has 0 aliphatic heterocycles. The van der Waals surface area contributed by atoms with Crippen LogP contribution in [0.5, 0.6) is 11.6 Å². The lowest BCUT2D eigenvalue weighted by Gasteiger charge is -2.07. The molecule has 1 aromatic heterocycles. The van der Waals surface area contributed by atoms with Crippen LogP contribution in [0.3, 0.4) is 0 Å². The molecule has 0 spiro atoms. The molecule has 0 radical (unpaired) electrons. The number of hydrogen-bond donors (Lipinski definition) is 1. The van der Waals surface area contributed by atoms with Crippen molar-refractivity contribution < 1.29 is 14.1 Å². The number of nitro groups is 1. The first kappa shape index (κ1) is 13.7. The van der Waals surface area contributed by atoms with Crippen LogP contribution in [0.1, 0.15) is 5.56 Å². The maximum atomic E-state index is 13.2. The number of anilines is 1. The molecule has 0 atom stereocenters. The highest BCUT2D eigenvalue weighted by Gasteiger charge is 2.12. The summed E-state index contributed by atoms with van der Waals surface area (Å²) in [5, 5.41) is 13.5. The van der Waals surface area contributed by atoms with Crippen molar-refractivity contribution in [3.8, 4) is 11.6 Å². The second-order valence-corrected chi connectivity index (χ2v) is 4.07. The third-order valence-corrected chi connectivity index (χ3v) is 2.61. The molecule has 104 valence electrons. The van der Waals surface area contributed by atoms with Gasteiger partial charge in [-0.3, -0.25) is 10.1 Å². The summed E-state index contributed by atoms with van der Waals surface area (Å²) in [5.41, 5.74) is 0.278. The van der Waals surface area contributed by atoms with Gasteiger partial charge >= 0.3 is 0 Å². The molecule has 0 aliphatic rings. The number of aryl methyl sites for hydroxylation is 1. The number of benzene rings is 1. The van der Waals surface area contributed by atoms with E-state index in [4.69, 9.17) is 4.74 Å². The topological polar surface area (TPSA) is 77.3 Å². The number of nitrogens with one attached hydrogen (secondary N) is 1. The fourth-order valence-corrected chi connectivity index (χ4v) is 1.58. The first-order valence-corrected chi connectivity index (χ1v) is 5.78. The van der Waals surface area contributed by atoms with Gasteiger partial charge in [0.05, 0.1) is 17.1 Å². The molecular formula is C13H12FN3O3. The summed E-state index contributed by atoms with van der Waals surface area (Å²) >= 11 is 0. The van der Waals surface area contributed by atoms with E-state index in [0.29, 0.717) is 17.1 Å². The highest BCUT2D eigenvalue weighted by atomic mass is 19.1. The number of hydrogen-bond acceptors (Lipinski definition) is 5. The summed E-state index contributed by atoms with van der Waals surface area (Å²) in [6.07, 6.45) is 0. The van der Waals surface area contributed by atoms with Gasteiger partial charge in [-0.2, -0.15) is 4.98 Å². The Balaban J connectivity index is 2.34. The third-order valence-electron chi connectivity index (χ3n) is 2.61. The normalized spacial score (nSPS) is 10.2. The van der Waals surface area contributed by atoms with Gasteiger partial charge in [0, 0.05) is 7.05 Å². The van der Waals surface area contributed by atoms with Crippen LogP contribution in [0.25, 0.3) is 0 Å². The smallest absolute Gasteiger partial charge is 0.278 e. The Morgan fingerprint density at radius 2 is 2.10 bits per heavy atom. The average Bonchev–Trinajstić information content (AvgIpc) is 2.42. The van der Waals surface area contributed by atoms with E-state index < -0.39 is 4.92 Å². The van der Waals surface area contributed by atoms with E-state index >= 15 is 0 Å². The predicted octanol–water partition coefficient (Wildman–Crippen LogP) is 3.27. The number of nitrogens with zero attached hydrogens (tertiary/aromatic N) is 2. The van der Waals surface area contributed by atoms with Crippen LogP contribution in [0, 0.1) is 22.9 Å². The molecule has 0 saturated heterocycles. The summed E-state index contributed by atoms with van der Waals surface area (Å²) < 4.78 is 18.6. The molecule has 1 aromatic carbocycles. The maximum absolute atomic E-state index is 13.2. The largest absolute Gasteiger partial charge is 0.439 e. The maximum Gasteiger partial charge on any atom is 0.278 e. The molecule has 1 heterocycles. The fourth-order valence-electron chi connectivity index (χ4n) is 1.58. The van der Waals surface area contributed by atoms with Crippen LogP contribution < -0.4 is 10.1 Å². The lowest BCUT2D eigenvalue weighted by atomic mass is 10.2. The number of ether oxygens (including phenoxy) is 1. The Morgan fingerprint density at radius 3 is 2.70 bits per heavy atom. The lowest BCUT2D eigenvalue weighted by Crippen LogP contribution is -1.98. The van der Waals surface area contributed by atoms with Crippen molar-refractivity contribution in [2.24, 2.45) is 0 Å². The van der Waals surface area contributed by atoms with Crippen LogP contribution >= 0.6 is 0 Å².